The summed E-state index contributed by atoms with van der Waals surface area (Å²) in [5.41, 5.74) is -1.01. The molecule has 60 valence electrons. The predicted octanol–water partition coefficient (Wildman–Crippen LogP) is 1.14. The maximum absolute atomic E-state index is 11.1. The van der Waals surface area contributed by atoms with Crippen molar-refractivity contribution in [3.63, 3.8) is 0 Å². The summed E-state index contributed by atoms with van der Waals surface area (Å²) < 4.78 is 4.80. The van der Waals surface area contributed by atoms with Crippen LogP contribution in [-0.2, 0) is 0 Å². The molecule has 0 aliphatic heterocycles. The number of hydrogen-bond donors (Lipinski definition) is 1. The molecule has 0 saturated carbocycles. The molecule has 1 unspecified atom stereocenters. The van der Waals surface area contributed by atoms with Crippen LogP contribution in [0.2, 0.25) is 0 Å². The van der Waals surface area contributed by atoms with E-state index in [0.29, 0.717) is 0 Å². The molecule has 1 heterocycles. The van der Waals surface area contributed by atoms with Gasteiger partial charge in [0.15, 0.2) is 11.2 Å². The summed E-state index contributed by atoms with van der Waals surface area (Å²) in [4.78, 5) is 11.1. The summed E-state index contributed by atoms with van der Waals surface area (Å²) in [6.45, 7) is 0. The summed E-state index contributed by atoms with van der Waals surface area (Å²) >= 11 is 1.08. The van der Waals surface area contributed by atoms with Gasteiger partial charge in [-0.25, -0.2) is 0 Å². The standard InChI is InChI=1S/C7H8O3S/c1-11-7(9)6(8)5-3-2-4-10-5/h2-4,7,9H,1H3. The Bertz CT molecular complexity index is 230. The maximum atomic E-state index is 11.1. The Kier molecular flexibility index (Phi) is 2.73. The number of aliphatic hydroxyl groups excluding tert-OH is 1. The number of rotatable bonds is 3. The minimum atomic E-state index is -1.01. The van der Waals surface area contributed by atoms with Gasteiger partial charge in [0.05, 0.1) is 6.26 Å². The SMILES string of the molecule is CSC(O)C(=O)c1ccco1. The molecule has 1 aromatic heterocycles. The van der Waals surface area contributed by atoms with Gasteiger partial charge in [-0.15, -0.1) is 11.8 Å². The number of hydrogen-bond acceptors (Lipinski definition) is 4. The molecule has 1 aromatic rings. The lowest BCUT2D eigenvalue weighted by Gasteiger charge is -2.01. The second kappa shape index (κ2) is 3.59. The van der Waals surface area contributed by atoms with Gasteiger partial charge in [-0.1, -0.05) is 0 Å². The van der Waals surface area contributed by atoms with Crippen LogP contribution in [0.1, 0.15) is 10.6 Å². The monoisotopic (exact) mass is 172 g/mol. The van der Waals surface area contributed by atoms with E-state index in [1.165, 1.54) is 12.3 Å². The first-order valence-corrected chi connectivity index (χ1v) is 4.33. The van der Waals surface area contributed by atoms with Gasteiger partial charge in [-0.3, -0.25) is 4.79 Å². The van der Waals surface area contributed by atoms with Crippen LogP contribution >= 0.6 is 11.8 Å². The molecule has 0 radical (unpaired) electrons. The van der Waals surface area contributed by atoms with Gasteiger partial charge >= 0.3 is 0 Å². The summed E-state index contributed by atoms with van der Waals surface area (Å²) in [5.74, 6) is -0.186. The first-order chi connectivity index (χ1) is 5.25. The normalized spacial score (nSPS) is 12.9. The molecule has 0 amide bonds. The average Bonchev–Trinajstić information content (AvgIpc) is 2.53. The highest BCUT2D eigenvalue weighted by atomic mass is 32.2. The third-order valence-electron chi connectivity index (χ3n) is 1.21. The fourth-order valence-electron chi connectivity index (χ4n) is 0.647. The molecule has 1 atom stereocenters. The number of aliphatic hydroxyl groups is 1. The maximum Gasteiger partial charge on any atom is 0.236 e. The van der Waals surface area contributed by atoms with E-state index >= 15 is 0 Å². The van der Waals surface area contributed by atoms with E-state index in [1.807, 2.05) is 0 Å². The summed E-state index contributed by atoms with van der Waals surface area (Å²) in [5, 5.41) is 9.05. The van der Waals surface area contributed by atoms with E-state index in [1.54, 1.807) is 12.3 Å². The molecule has 0 aromatic carbocycles. The average molecular weight is 172 g/mol. The highest BCUT2D eigenvalue weighted by molar-refractivity contribution is 7.99. The Morgan fingerprint density at radius 1 is 1.82 bits per heavy atom. The lowest BCUT2D eigenvalue weighted by atomic mass is 10.3. The summed E-state index contributed by atoms with van der Waals surface area (Å²) in [7, 11) is 0. The van der Waals surface area contributed by atoms with Crippen molar-refractivity contribution in [1.29, 1.82) is 0 Å². The fourth-order valence-corrected chi connectivity index (χ4v) is 0.978. The van der Waals surface area contributed by atoms with Gasteiger partial charge in [0.1, 0.15) is 0 Å². The van der Waals surface area contributed by atoms with Crippen LogP contribution in [0.5, 0.6) is 0 Å². The molecule has 0 aliphatic rings. The van der Waals surface area contributed by atoms with Crippen LogP contribution in [0.3, 0.4) is 0 Å². The number of Topliss-reactive ketones (excluding diaryl/α,β-unsaturated/α-hetero) is 1. The van der Waals surface area contributed by atoms with Gasteiger partial charge in [-0.05, 0) is 18.4 Å². The van der Waals surface area contributed by atoms with Crippen molar-refractivity contribution in [1.82, 2.24) is 0 Å². The molecule has 0 saturated heterocycles. The molecular formula is C7H8O3S. The summed E-state index contributed by atoms with van der Waals surface area (Å²) in [6.07, 6.45) is 3.06. The van der Waals surface area contributed by atoms with Gasteiger partial charge in [0.2, 0.25) is 5.78 Å². The van der Waals surface area contributed by atoms with Crippen molar-refractivity contribution >= 4 is 17.5 Å². The van der Waals surface area contributed by atoms with Crippen molar-refractivity contribution in [2.24, 2.45) is 0 Å². The van der Waals surface area contributed by atoms with E-state index in [0.717, 1.165) is 11.8 Å². The minimum absolute atomic E-state index is 0.201. The van der Waals surface area contributed by atoms with Crippen molar-refractivity contribution in [2.45, 2.75) is 5.44 Å². The lowest BCUT2D eigenvalue weighted by Crippen LogP contribution is -2.14. The topological polar surface area (TPSA) is 50.4 Å². The Balaban J connectivity index is 2.70. The highest BCUT2D eigenvalue weighted by Crippen LogP contribution is 2.11. The number of carbonyl (C=O) groups is 1. The first kappa shape index (κ1) is 8.36. The van der Waals surface area contributed by atoms with Crippen LogP contribution in [0, 0.1) is 0 Å². The van der Waals surface area contributed by atoms with Crippen molar-refractivity contribution in [3.8, 4) is 0 Å². The zero-order valence-electron chi connectivity index (χ0n) is 5.98. The molecule has 0 fully saturated rings. The Morgan fingerprint density at radius 3 is 3.00 bits per heavy atom. The lowest BCUT2D eigenvalue weighted by molar-refractivity contribution is 0.0840. The number of thioether (sulfide) groups is 1. The molecule has 0 aliphatic carbocycles. The van der Waals surface area contributed by atoms with E-state index < -0.39 is 5.44 Å². The molecular weight excluding hydrogens is 164 g/mol. The summed E-state index contributed by atoms with van der Waals surface area (Å²) in [6, 6.07) is 3.14. The highest BCUT2D eigenvalue weighted by Gasteiger charge is 2.17. The molecule has 1 rings (SSSR count). The molecule has 0 spiro atoms. The first-order valence-electron chi connectivity index (χ1n) is 3.04. The molecule has 11 heavy (non-hydrogen) atoms. The number of ketones is 1. The molecule has 1 N–H and O–H groups in total. The predicted molar refractivity (Wildman–Crippen MR) is 42.6 cm³/mol. The fraction of sp³-hybridized carbons (Fsp3) is 0.286. The Labute approximate surface area is 68.4 Å². The van der Waals surface area contributed by atoms with Crippen molar-refractivity contribution in [2.75, 3.05) is 6.26 Å². The molecule has 4 heteroatoms. The van der Waals surface area contributed by atoms with Gasteiger partial charge < -0.3 is 9.52 Å². The van der Waals surface area contributed by atoms with Crippen molar-refractivity contribution in [3.05, 3.63) is 24.2 Å². The van der Waals surface area contributed by atoms with Crippen LogP contribution in [0.4, 0.5) is 0 Å². The van der Waals surface area contributed by atoms with Crippen LogP contribution in [-0.4, -0.2) is 22.6 Å². The second-order valence-electron chi connectivity index (χ2n) is 1.93. The Morgan fingerprint density at radius 2 is 2.55 bits per heavy atom. The largest absolute Gasteiger partial charge is 0.461 e. The zero-order chi connectivity index (χ0) is 8.27. The van der Waals surface area contributed by atoms with Crippen LogP contribution < -0.4 is 0 Å². The minimum Gasteiger partial charge on any atom is -0.461 e. The quantitative estimate of drug-likeness (QED) is 0.548. The van der Waals surface area contributed by atoms with Gasteiger partial charge in [-0.2, -0.15) is 0 Å². The number of carbonyl (C=O) groups excluding carboxylic acids is 1. The number of furan rings is 1. The second-order valence-corrected chi connectivity index (χ2v) is 2.85. The van der Waals surface area contributed by atoms with E-state index in [4.69, 9.17) is 9.52 Å². The Hall–Kier alpha value is -0.740. The van der Waals surface area contributed by atoms with E-state index in [-0.39, 0.29) is 11.5 Å². The molecule has 3 nitrogen and oxygen atoms in total. The zero-order valence-corrected chi connectivity index (χ0v) is 6.80. The third kappa shape index (κ3) is 1.85. The van der Waals surface area contributed by atoms with Crippen LogP contribution in [0.15, 0.2) is 22.8 Å². The molecule has 0 bridgehead atoms. The van der Waals surface area contributed by atoms with E-state index in [9.17, 15) is 4.79 Å². The smallest absolute Gasteiger partial charge is 0.236 e. The van der Waals surface area contributed by atoms with Crippen molar-refractivity contribution < 1.29 is 14.3 Å². The van der Waals surface area contributed by atoms with Crippen LogP contribution in [0.25, 0.3) is 0 Å². The third-order valence-corrected chi connectivity index (χ3v) is 1.87. The van der Waals surface area contributed by atoms with E-state index in [2.05, 4.69) is 0 Å². The van der Waals surface area contributed by atoms with Gasteiger partial charge in [0.25, 0.3) is 0 Å². The van der Waals surface area contributed by atoms with Gasteiger partial charge in [0, 0.05) is 0 Å².